The number of nitrogens with zero attached hydrogens (tertiary/aromatic N) is 2. The van der Waals surface area contributed by atoms with Crippen LogP contribution in [-0.2, 0) is 16.2 Å². The lowest BCUT2D eigenvalue weighted by Crippen LogP contribution is -2.13. The molecule has 0 saturated heterocycles. The lowest BCUT2D eigenvalue weighted by molar-refractivity contribution is -0.141. The van der Waals surface area contributed by atoms with Crippen molar-refractivity contribution in [3.05, 3.63) is 84.2 Å². The maximum atomic E-state index is 13.0. The molecular formula is C26H23F3N4O4S. The Kier molecular flexibility index (Phi) is 7.44. The first-order valence-corrected chi connectivity index (χ1v) is 12.6. The molecule has 12 heteroatoms. The van der Waals surface area contributed by atoms with Crippen LogP contribution in [0.2, 0.25) is 0 Å². The number of halogens is 3. The first kappa shape index (κ1) is 26.7. The number of hydrogen-bond donors (Lipinski definition) is 2. The van der Waals surface area contributed by atoms with Gasteiger partial charge in [-0.15, -0.1) is 0 Å². The monoisotopic (exact) mass is 544 g/mol. The number of ether oxygens (including phenoxy) is 2. The zero-order valence-electron chi connectivity index (χ0n) is 20.5. The van der Waals surface area contributed by atoms with Gasteiger partial charge >= 0.3 is 6.18 Å². The molecule has 0 radical (unpaired) electrons. The third-order valence-corrected chi connectivity index (χ3v) is 6.77. The highest BCUT2D eigenvalue weighted by molar-refractivity contribution is 7.92. The van der Waals surface area contributed by atoms with Gasteiger partial charge in [0, 0.05) is 23.6 Å². The maximum Gasteiger partial charge on any atom is 0.433 e. The standard InChI is InChI=1S/C26H23F3N4O4S/c1-16-11-18(14-20(12-16)31-25-30-10-9-24(32-25)26(27,28)29)17-5-4-6-19(13-17)33-38(34,35)21-7-8-22(36-2)23(15-21)37-3/h4-15,33H,1-3H3,(H,30,31,32). The van der Waals surface area contributed by atoms with Crippen molar-refractivity contribution < 1.29 is 31.1 Å². The number of rotatable bonds is 8. The van der Waals surface area contributed by atoms with Crippen molar-refractivity contribution in [2.24, 2.45) is 0 Å². The summed E-state index contributed by atoms with van der Waals surface area (Å²) in [4.78, 5) is 7.40. The molecule has 1 heterocycles. The van der Waals surface area contributed by atoms with E-state index in [0.717, 1.165) is 17.8 Å². The molecule has 8 nitrogen and oxygen atoms in total. The zero-order valence-corrected chi connectivity index (χ0v) is 21.3. The summed E-state index contributed by atoms with van der Waals surface area (Å²) in [6.07, 6.45) is -3.56. The molecule has 0 atom stereocenters. The minimum atomic E-state index is -4.60. The largest absolute Gasteiger partial charge is 0.493 e. The van der Waals surface area contributed by atoms with Gasteiger partial charge in [-0.25, -0.2) is 18.4 Å². The fraction of sp³-hybridized carbons (Fsp3) is 0.154. The second-order valence-corrected chi connectivity index (χ2v) is 9.86. The predicted octanol–water partition coefficient (Wildman–Crippen LogP) is 6.03. The van der Waals surface area contributed by atoms with Gasteiger partial charge in [0.2, 0.25) is 5.95 Å². The van der Waals surface area contributed by atoms with Gasteiger partial charge in [-0.3, -0.25) is 4.72 Å². The number of anilines is 3. The number of alkyl halides is 3. The molecule has 4 aromatic rings. The number of nitrogens with one attached hydrogen (secondary N) is 2. The Morgan fingerprint density at radius 2 is 1.58 bits per heavy atom. The molecule has 1 aromatic heterocycles. The summed E-state index contributed by atoms with van der Waals surface area (Å²) in [7, 11) is -1.08. The van der Waals surface area contributed by atoms with E-state index < -0.39 is 21.9 Å². The number of aryl methyl sites for hydroxylation is 1. The summed E-state index contributed by atoms with van der Waals surface area (Å²) < 4.78 is 78.0. The third kappa shape index (κ3) is 6.14. The number of benzene rings is 3. The summed E-state index contributed by atoms with van der Waals surface area (Å²) >= 11 is 0. The Balaban J connectivity index is 1.61. The molecular weight excluding hydrogens is 521 g/mol. The van der Waals surface area contributed by atoms with Gasteiger partial charge in [-0.1, -0.05) is 18.2 Å². The Labute approximate surface area is 217 Å². The fourth-order valence-corrected chi connectivity index (χ4v) is 4.75. The van der Waals surface area contributed by atoms with Crippen LogP contribution in [0.25, 0.3) is 11.1 Å². The summed E-state index contributed by atoms with van der Waals surface area (Å²) in [5.41, 5.74) is 1.91. The van der Waals surface area contributed by atoms with Crippen molar-refractivity contribution in [1.82, 2.24) is 9.97 Å². The number of aromatic nitrogens is 2. The van der Waals surface area contributed by atoms with Gasteiger partial charge in [-0.05, 0) is 66.1 Å². The molecule has 0 unspecified atom stereocenters. The molecule has 0 aliphatic carbocycles. The minimum Gasteiger partial charge on any atom is -0.493 e. The van der Waals surface area contributed by atoms with Gasteiger partial charge in [0.05, 0.1) is 19.1 Å². The quantitative estimate of drug-likeness (QED) is 0.279. The van der Waals surface area contributed by atoms with Crippen molar-refractivity contribution in [2.45, 2.75) is 18.0 Å². The molecule has 0 bridgehead atoms. The predicted molar refractivity (Wildman–Crippen MR) is 137 cm³/mol. The Morgan fingerprint density at radius 1 is 0.842 bits per heavy atom. The Bertz CT molecular complexity index is 1580. The van der Waals surface area contributed by atoms with E-state index in [9.17, 15) is 21.6 Å². The smallest absolute Gasteiger partial charge is 0.433 e. The Hall–Kier alpha value is -4.32. The lowest BCUT2D eigenvalue weighted by Gasteiger charge is -2.13. The summed E-state index contributed by atoms with van der Waals surface area (Å²) in [6, 6.07) is 17.1. The second-order valence-electron chi connectivity index (χ2n) is 8.18. The van der Waals surface area contributed by atoms with Crippen molar-refractivity contribution >= 4 is 27.3 Å². The van der Waals surface area contributed by atoms with Crippen molar-refractivity contribution in [3.63, 3.8) is 0 Å². The van der Waals surface area contributed by atoms with Crippen molar-refractivity contribution in [2.75, 3.05) is 24.3 Å². The van der Waals surface area contributed by atoms with E-state index in [1.807, 2.05) is 13.0 Å². The SMILES string of the molecule is COc1ccc(S(=O)(=O)Nc2cccc(-c3cc(C)cc(Nc4nccc(C(F)(F)F)n4)c3)c2)cc1OC. The first-order valence-electron chi connectivity index (χ1n) is 11.1. The average molecular weight is 545 g/mol. The Morgan fingerprint density at radius 3 is 2.29 bits per heavy atom. The van der Waals surface area contributed by atoms with E-state index in [0.29, 0.717) is 28.3 Å². The molecule has 0 aliphatic rings. The third-order valence-electron chi connectivity index (χ3n) is 5.39. The van der Waals surface area contributed by atoms with Crippen LogP contribution in [0.3, 0.4) is 0 Å². The van der Waals surface area contributed by atoms with Gasteiger partial charge in [0.25, 0.3) is 10.0 Å². The van der Waals surface area contributed by atoms with E-state index >= 15 is 0 Å². The van der Waals surface area contributed by atoms with Crippen molar-refractivity contribution in [3.8, 4) is 22.6 Å². The van der Waals surface area contributed by atoms with Crippen LogP contribution in [0.4, 0.5) is 30.5 Å². The maximum absolute atomic E-state index is 13.0. The summed E-state index contributed by atoms with van der Waals surface area (Å²) in [6.45, 7) is 1.82. The average Bonchev–Trinajstić information content (AvgIpc) is 2.87. The van der Waals surface area contributed by atoms with E-state index in [1.54, 1.807) is 36.4 Å². The van der Waals surface area contributed by atoms with Crippen LogP contribution in [0, 0.1) is 6.92 Å². The highest BCUT2D eigenvalue weighted by Gasteiger charge is 2.32. The molecule has 0 saturated carbocycles. The van der Waals surface area contributed by atoms with E-state index in [2.05, 4.69) is 20.0 Å². The lowest BCUT2D eigenvalue weighted by atomic mass is 10.0. The molecule has 0 amide bonds. The highest BCUT2D eigenvalue weighted by Crippen LogP contribution is 2.32. The number of methoxy groups -OCH3 is 2. The van der Waals surface area contributed by atoms with Crippen LogP contribution in [-0.4, -0.2) is 32.6 Å². The van der Waals surface area contributed by atoms with Crippen LogP contribution in [0.1, 0.15) is 11.3 Å². The molecule has 2 N–H and O–H groups in total. The second kappa shape index (κ2) is 10.6. The summed E-state index contributed by atoms with van der Waals surface area (Å²) in [5.74, 6) is 0.467. The van der Waals surface area contributed by atoms with E-state index in [1.165, 1.54) is 32.4 Å². The van der Waals surface area contributed by atoms with Crippen molar-refractivity contribution in [1.29, 1.82) is 0 Å². The summed E-state index contributed by atoms with van der Waals surface area (Å²) in [5, 5.41) is 2.81. The number of hydrogen-bond acceptors (Lipinski definition) is 7. The molecule has 0 fully saturated rings. The van der Waals surface area contributed by atoms with Crippen LogP contribution < -0.4 is 19.5 Å². The van der Waals surface area contributed by atoms with Crippen LogP contribution in [0.5, 0.6) is 11.5 Å². The zero-order chi connectivity index (χ0) is 27.5. The fourth-order valence-electron chi connectivity index (χ4n) is 3.69. The highest BCUT2D eigenvalue weighted by atomic mass is 32.2. The molecule has 4 rings (SSSR count). The topological polar surface area (TPSA) is 102 Å². The molecule has 38 heavy (non-hydrogen) atoms. The van der Waals surface area contributed by atoms with E-state index in [4.69, 9.17) is 9.47 Å². The van der Waals surface area contributed by atoms with Crippen LogP contribution in [0.15, 0.2) is 77.8 Å². The van der Waals surface area contributed by atoms with Gasteiger partial charge < -0.3 is 14.8 Å². The molecule has 198 valence electrons. The van der Waals surface area contributed by atoms with Gasteiger partial charge in [-0.2, -0.15) is 13.2 Å². The normalized spacial score (nSPS) is 11.6. The molecule has 0 aliphatic heterocycles. The van der Waals surface area contributed by atoms with Gasteiger partial charge in [0.1, 0.15) is 5.69 Å². The number of sulfonamides is 1. The first-order chi connectivity index (χ1) is 18.0. The molecule has 0 spiro atoms. The molecule has 3 aromatic carbocycles. The van der Waals surface area contributed by atoms with Crippen LogP contribution >= 0.6 is 0 Å². The van der Waals surface area contributed by atoms with E-state index in [-0.39, 0.29) is 16.6 Å². The minimum absolute atomic E-state index is 0.0105. The van der Waals surface area contributed by atoms with Gasteiger partial charge in [0.15, 0.2) is 11.5 Å².